The van der Waals surface area contributed by atoms with Crippen LogP contribution in [0.4, 0.5) is 0 Å². The molecule has 0 unspecified atom stereocenters. The summed E-state index contributed by atoms with van der Waals surface area (Å²) >= 11 is 1.65. The van der Waals surface area contributed by atoms with Crippen LogP contribution in [0.25, 0.3) is 21.6 Å². The van der Waals surface area contributed by atoms with E-state index in [9.17, 15) is 4.79 Å². The molecular weight excluding hydrogens is 460 g/mol. The van der Waals surface area contributed by atoms with Crippen LogP contribution in [0.5, 0.6) is 17.2 Å². The number of ether oxygens (including phenoxy) is 3. The predicted octanol–water partition coefficient (Wildman–Crippen LogP) is 5.73. The summed E-state index contributed by atoms with van der Waals surface area (Å²) in [7, 11) is 1.63. The van der Waals surface area contributed by atoms with Crippen molar-refractivity contribution in [2.75, 3.05) is 20.3 Å². The minimum absolute atomic E-state index is 0.0582. The molecular formula is C28H28N2O4S. The van der Waals surface area contributed by atoms with Gasteiger partial charge < -0.3 is 19.2 Å². The minimum Gasteiger partial charge on any atom is -0.493 e. The van der Waals surface area contributed by atoms with Gasteiger partial charge in [-0.1, -0.05) is 24.3 Å². The quantitative estimate of drug-likeness (QED) is 0.241. The number of nitrogens with zero attached hydrogens (tertiary/aromatic N) is 1. The molecule has 0 amide bonds. The molecule has 6 nitrogen and oxygen atoms in total. The maximum absolute atomic E-state index is 12.9. The summed E-state index contributed by atoms with van der Waals surface area (Å²) in [6.45, 7) is 4.50. The van der Waals surface area contributed by atoms with Gasteiger partial charge in [0.1, 0.15) is 29.6 Å². The Morgan fingerprint density at radius 3 is 2.80 bits per heavy atom. The highest BCUT2D eigenvalue weighted by Gasteiger charge is 2.20. The smallest absolute Gasteiger partial charge is 0.260 e. The van der Waals surface area contributed by atoms with Crippen LogP contribution in [0, 0.1) is 0 Å². The van der Waals surface area contributed by atoms with Crippen molar-refractivity contribution < 1.29 is 14.2 Å². The number of rotatable bonds is 9. The van der Waals surface area contributed by atoms with Crippen LogP contribution in [-0.2, 0) is 19.3 Å². The number of aryl methyl sites for hydroxylation is 2. The Morgan fingerprint density at radius 2 is 1.94 bits per heavy atom. The normalized spacial score (nSPS) is 12.8. The summed E-state index contributed by atoms with van der Waals surface area (Å²) in [6, 6.07) is 13.5. The van der Waals surface area contributed by atoms with Crippen molar-refractivity contribution >= 4 is 21.6 Å². The molecule has 7 heteroatoms. The topological polar surface area (TPSA) is 73.4 Å². The van der Waals surface area contributed by atoms with E-state index in [1.807, 2.05) is 48.5 Å². The summed E-state index contributed by atoms with van der Waals surface area (Å²) in [5, 5.41) is 0.769. The summed E-state index contributed by atoms with van der Waals surface area (Å²) < 4.78 is 17.2. The van der Waals surface area contributed by atoms with Crippen molar-refractivity contribution in [1.82, 2.24) is 9.97 Å². The SMILES string of the molecule is C=CCc1ccc(OCCOc2cccc(-c3nc4sc5c(c4c(=O)[nH]3)CCCC5)c2)c(OC)c1. The molecule has 0 fully saturated rings. The van der Waals surface area contributed by atoms with E-state index in [4.69, 9.17) is 19.2 Å². The molecule has 4 aromatic rings. The lowest BCUT2D eigenvalue weighted by atomic mass is 9.97. The average molecular weight is 489 g/mol. The van der Waals surface area contributed by atoms with E-state index in [0.29, 0.717) is 36.3 Å². The van der Waals surface area contributed by atoms with E-state index in [1.165, 1.54) is 16.9 Å². The highest BCUT2D eigenvalue weighted by molar-refractivity contribution is 7.18. The van der Waals surface area contributed by atoms with Gasteiger partial charge in [-0.05, 0) is 67.5 Å². The molecule has 0 saturated heterocycles. The van der Waals surface area contributed by atoms with Crippen LogP contribution < -0.4 is 19.8 Å². The number of hydrogen-bond acceptors (Lipinski definition) is 6. The van der Waals surface area contributed by atoms with Gasteiger partial charge in [-0.2, -0.15) is 0 Å². The summed E-state index contributed by atoms with van der Waals surface area (Å²) in [5.41, 5.74) is 3.07. The van der Waals surface area contributed by atoms with E-state index in [0.717, 1.165) is 47.0 Å². The number of aromatic amines is 1. The van der Waals surface area contributed by atoms with E-state index < -0.39 is 0 Å². The summed E-state index contributed by atoms with van der Waals surface area (Å²) in [4.78, 5) is 22.8. The highest BCUT2D eigenvalue weighted by atomic mass is 32.1. The van der Waals surface area contributed by atoms with Gasteiger partial charge in [0.25, 0.3) is 5.56 Å². The lowest BCUT2D eigenvalue weighted by Gasteiger charge is -2.13. The van der Waals surface area contributed by atoms with Crippen LogP contribution >= 0.6 is 11.3 Å². The first-order chi connectivity index (χ1) is 17.2. The Kier molecular flexibility index (Phi) is 6.86. The van der Waals surface area contributed by atoms with Crippen LogP contribution in [0.2, 0.25) is 0 Å². The molecule has 1 aliphatic rings. The van der Waals surface area contributed by atoms with Crippen LogP contribution in [0.15, 0.2) is 59.9 Å². The van der Waals surface area contributed by atoms with Crippen molar-refractivity contribution in [2.24, 2.45) is 0 Å². The van der Waals surface area contributed by atoms with Gasteiger partial charge in [0, 0.05) is 10.4 Å². The van der Waals surface area contributed by atoms with Gasteiger partial charge >= 0.3 is 0 Å². The van der Waals surface area contributed by atoms with Crippen molar-refractivity contribution in [3.8, 4) is 28.6 Å². The van der Waals surface area contributed by atoms with Crippen LogP contribution in [0.1, 0.15) is 28.8 Å². The molecule has 35 heavy (non-hydrogen) atoms. The third-order valence-corrected chi connectivity index (χ3v) is 7.34. The molecule has 2 aromatic carbocycles. The van der Waals surface area contributed by atoms with Crippen LogP contribution in [-0.4, -0.2) is 30.3 Å². The molecule has 2 heterocycles. The number of fused-ring (bicyclic) bond motifs is 3. The van der Waals surface area contributed by atoms with Crippen molar-refractivity contribution in [2.45, 2.75) is 32.1 Å². The first-order valence-corrected chi connectivity index (χ1v) is 12.7. The number of hydrogen-bond donors (Lipinski definition) is 1. The molecule has 0 radical (unpaired) electrons. The second kappa shape index (κ2) is 10.4. The monoisotopic (exact) mass is 488 g/mol. The van der Waals surface area contributed by atoms with Gasteiger partial charge in [0.2, 0.25) is 0 Å². The van der Waals surface area contributed by atoms with E-state index in [1.54, 1.807) is 18.4 Å². The molecule has 0 spiro atoms. The molecule has 0 aliphatic heterocycles. The third-order valence-electron chi connectivity index (χ3n) is 6.15. The second-order valence-corrected chi connectivity index (χ2v) is 9.59. The number of H-pyrrole nitrogens is 1. The summed E-state index contributed by atoms with van der Waals surface area (Å²) in [5.74, 6) is 2.61. The number of allylic oxidation sites excluding steroid dienone is 1. The molecule has 1 N–H and O–H groups in total. The Bertz CT molecular complexity index is 1420. The van der Waals surface area contributed by atoms with E-state index in [-0.39, 0.29) is 5.56 Å². The van der Waals surface area contributed by atoms with Crippen molar-refractivity contribution in [3.05, 3.63) is 81.5 Å². The van der Waals surface area contributed by atoms with Gasteiger partial charge in [-0.3, -0.25) is 4.79 Å². The Hall–Kier alpha value is -3.58. The zero-order valence-corrected chi connectivity index (χ0v) is 20.6. The highest BCUT2D eigenvalue weighted by Crippen LogP contribution is 2.34. The standard InChI is InChI=1S/C28H28N2O4S/c1-3-7-18-12-13-22(23(16-18)32-2)34-15-14-33-20-9-6-8-19(17-20)26-29-27(31)25-21-10-4-5-11-24(21)35-28(25)30-26/h3,6,8-9,12-13,16-17H,1,4-5,7,10-11,14-15H2,2H3,(H,29,30,31). The summed E-state index contributed by atoms with van der Waals surface area (Å²) in [6.07, 6.45) is 6.96. The fourth-order valence-corrected chi connectivity index (χ4v) is 5.73. The maximum Gasteiger partial charge on any atom is 0.260 e. The van der Waals surface area contributed by atoms with E-state index in [2.05, 4.69) is 11.6 Å². The molecule has 0 atom stereocenters. The van der Waals surface area contributed by atoms with Crippen LogP contribution in [0.3, 0.4) is 0 Å². The first-order valence-electron chi connectivity index (χ1n) is 11.8. The Labute approximate surface area is 208 Å². The molecule has 0 bridgehead atoms. The molecule has 2 aromatic heterocycles. The van der Waals surface area contributed by atoms with Gasteiger partial charge in [-0.25, -0.2) is 4.98 Å². The second-order valence-electron chi connectivity index (χ2n) is 8.51. The zero-order valence-electron chi connectivity index (χ0n) is 19.8. The number of thiophene rings is 1. The Balaban J connectivity index is 1.26. The predicted molar refractivity (Wildman–Crippen MR) is 140 cm³/mol. The van der Waals surface area contributed by atoms with Crippen molar-refractivity contribution in [1.29, 1.82) is 0 Å². The average Bonchev–Trinajstić information content (AvgIpc) is 3.26. The molecule has 5 rings (SSSR count). The lowest BCUT2D eigenvalue weighted by Crippen LogP contribution is -2.11. The van der Waals surface area contributed by atoms with Crippen molar-refractivity contribution in [3.63, 3.8) is 0 Å². The number of aromatic nitrogens is 2. The maximum atomic E-state index is 12.9. The van der Waals surface area contributed by atoms with Gasteiger partial charge in [0.05, 0.1) is 12.5 Å². The first kappa shape index (κ1) is 23.2. The third kappa shape index (κ3) is 4.95. The lowest BCUT2D eigenvalue weighted by molar-refractivity contribution is 0.211. The molecule has 180 valence electrons. The fourth-order valence-electron chi connectivity index (χ4n) is 4.47. The number of benzene rings is 2. The zero-order chi connectivity index (χ0) is 24.2. The molecule has 0 saturated carbocycles. The number of nitrogens with one attached hydrogen (secondary N) is 1. The largest absolute Gasteiger partial charge is 0.493 e. The minimum atomic E-state index is -0.0582. The fraction of sp³-hybridized carbons (Fsp3) is 0.286. The number of methoxy groups -OCH3 is 1. The Morgan fingerprint density at radius 1 is 1.09 bits per heavy atom. The van der Waals surface area contributed by atoms with E-state index >= 15 is 0 Å². The van der Waals surface area contributed by atoms with Gasteiger partial charge in [0.15, 0.2) is 11.5 Å². The van der Waals surface area contributed by atoms with Gasteiger partial charge in [-0.15, -0.1) is 17.9 Å². The molecule has 1 aliphatic carbocycles.